The zero-order chi connectivity index (χ0) is 24.1. The van der Waals surface area contributed by atoms with Crippen LogP contribution in [0.1, 0.15) is 19.4 Å². The molecule has 0 radical (unpaired) electrons. The normalized spacial score (nSPS) is 11.9. The predicted octanol–water partition coefficient (Wildman–Crippen LogP) is 3.15. The van der Waals surface area contributed by atoms with Gasteiger partial charge in [0.05, 0.1) is 29.5 Å². The number of hydrogen-bond acceptors (Lipinski definition) is 9. The van der Waals surface area contributed by atoms with E-state index >= 15 is 0 Å². The number of halogens is 1. The molecule has 0 bridgehead atoms. The smallest absolute Gasteiger partial charge is 0.269 e. The lowest BCUT2D eigenvalue weighted by Gasteiger charge is -2.20. The predicted molar refractivity (Wildman–Crippen MR) is 123 cm³/mol. The molecule has 4 aromatic heterocycles. The number of H-pyrrole nitrogens is 1. The van der Waals surface area contributed by atoms with Crippen molar-refractivity contribution >= 4 is 34.4 Å². The number of ether oxygens (including phenoxy) is 2. The largest absolute Gasteiger partial charge is 0.461 e. The Balaban J connectivity index is 1.65. The lowest BCUT2D eigenvalue weighted by molar-refractivity contribution is -0.126. The second kappa shape index (κ2) is 10.2. The van der Waals surface area contributed by atoms with Crippen LogP contribution < -0.4 is 10.1 Å². The molecule has 172 valence electrons. The van der Waals surface area contributed by atoms with E-state index in [0.29, 0.717) is 27.3 Å². The molecule has 2 N–H and O–H groups in total. The van der Waals surface area contributed by atoms with Crippen molar-refractivity contribution in [1.82, 2.24) is 30.1 Å². The first-order chi connectivity index (χ1) is 16.4. The highest BCUT2D eigenvalue weighted by atomic mass is 35.5. The average Bonchev–Trinajstić information content (AvgIpc) is 3.31. The van der Waals surface area contributed by atoms with Crippen LogP contribution >= 0.6 is 11.6 Å². The third-order valence-corrected chi connectivity index (χ3v) is 4.82. The van der Waals surface area contributed by atoms with Gasteiger partial charge in [-0.15, -0.1) is 0 Å². The van der Waals surface area contributed by atoms with Crippen LogP contribution in [-0.4, -0.2) is 54.9 Å². The molecule has 0 aliphatic heterocycles. The third kappa shape index (κ3) is 5.25. The summed E-state index contributed by atoms with van der Waals surface area (Å²) in [4.78, 5) is 30.2. The summed E-state index contributed by atoms with van der Waals surface area (Å²) < 4.78 is 11.7. The van der Waals surface area contributed by atoms with Crippen LogP contribution in [0.15, 0.2) is 42.9 Å². The Morgan fingerprint density at radius 1 is 1.24 bits per heavy atom. The van der Waals surface area contributed by atoms with Crippen LogP contribution in [0.5, 0.6) is 5.88 Å². The highest BCUT2D eigenvalue weighted by Crippen LogP contribution is 2.28. The first-order valence-corrected chi connectivity index (χ1v) is 10.6. The Bertz CT molecular complexity index is 1350. The quantitative estimate of drug-likeness (QED) is 0.389. The fraction of sp³-hybridized carbons (Fsp3) is 0.227. The van der Waals surface area contributed by atoms with E-state index in [4.69, 9.17) is 26.3 Å². The number of pyridine rings is 2. The molecule has 0 fully saturated rings. The van der Waals surface area contributed by atoms with Crippen molar-refractivity contribution in [1.29, 1.82) is 5.26 Å². The average molecular weight is 479 g/mol. The molecule has 0 aliphatic rings. The molecule has 1 amide bonds. The van der Waals surface area contributed by atoms with Crippen LogP contribution in [0.2, 0.25) is 5.02 Å². The van der Waals surface area contributed by atoms with Gasteiger partial charge in [-0.2, -0.15) is 15.3 Å². The summed E-state index contributed by atoms with van der Waals surface area (Å²) in [6.07, 6.45) is 3.20. The van der Waals surface area contributed by atoms with Crippen LogP contribution in [0.3, 0.4) is 0 Å². The second-order valence-electron chi connectivity index (χ2n) is 7.34. The number of rotatable bonds is 8. The zero-order valence-electron chi connectivity index (χ0n) is 18.2. The molecule has 0 saturated carbocycles. The maximum absolute atomic E-state index is 13.0. The van der Waals surface area contributed by atoms with E-state index in [0.717, 1.165) is 0 Å². The Morgan fingerprint density at radius 3 is 2.79 bits per heavy atom. The number of hydrogen-bond donors (Lipinski definition) is 2. The Kier molecular flexibility index (Phi) is 6.91. The number of aromatic amines is 1. The van der Waals surface area contributed by atoms with E-state index in [1.807, 2.05) is 19.9 Å². The molecule has 11 nitrogen and oxygen atoms in total. The van der Waals surface area contributed by atoms with Gasteiger partial charge in [0.15, 0.2) is 11.5 Å². The SMILES string of the molecule is CC(C)OC[C@H](Oc1nc(-c2ncccc2Cl)nc2[nH]ncc12)C(=O)Nc1ccc(C#N)cn1. The number of amides is 1. The lowest BCUT2D eigenvalue weighted by atomic mass is 10.3. The Morgan fingerprint density at radius 2 is 2.09 bits per heavy atom. The molecule has 12 heteroatoms. The first-order valence-electron chi connectivity index (χ1n) is 10.2. The number of aromatic nitrogens is 6. The molecule has 0 unspecified atom stereocenters. The summed E-state index contributed by atoms with van der Waals surface area (Å²) in [6, 6.07) is 8.41. The monoisotopic (exact) mass is 478 g/mol. The highest BCUT2D eigenvalue weighted by Gasteiger charge is 2.25. The number of carbonyl (C=O) groups excluding carboxylic acids is 1. The summed E-state index contributed by atoms with van der Waals surface area (Å²) in [5.41, 5.74) is 1.11. The molecule has 4 aromatic rings. The van der Waals surface area contributed by atoms with Crippen molar-refractivity contribution in [2.24, 2.45) is 0 Å². The zero-order valence-corrected chi connectivity index (χ0v) is 18.9. The molecule has 4 heterocycles. The van der Waals surface area contributed by atoms with E-state index in [2.05, 4.69) is 35.5 Å². The van der Waals surface area contributed by atoms with Gasteiger partial charge in [0.25, 0.3) is 5.91 Å². The minimum absolute atomic E-state index is 0.0528. The second-order valence-corrected chi connectivity index (χ2v) is 7.75. The Labute approximate surface area is 199 Å². The van der Waals surface area contributed by atoms with E-state index in [9.17, 15) is 4.79 Å². The van der Waals surface area contributed by atoms with Gasteiger partial charge in [0.2, 0.25) is 12.0 Å². The van der Waals surface area contributed by atoms with E-state index in [1.54, 1.807) is 24.4 Å². The van der Waals surface area contributed by atoms with Gasteiger partial charge in [-0.25, -0.2) is 9.97 Å². The molecule has 34 heavy (non-hydrogen) atoms. The molecular weight excluding hydrogens is 460 g/mol. The van der Waals surface area contributed by atoms with Crippen molar-refractivity contribution in [2.75, 3.05) is 11.9 Å². The summed E-state index contributed by atoms with van der Waals surface area (Å²) in [7, 11) is 0. The van der Waals surface area contributed by atoms with Gasteiger partial charge in [0.1, 0.15) is 23.0 Å². The fourth-order valence-corrected chi connectivity index (χ4v) is 3.08. The number of nitrogens with one attached hydrogen (secondary N) is 2. The van der Waals surface area contributed by atoms with E-state index in [1.165, 1.54) is 18.5 Å². The molecule has 0 aromatic carbocycles. The fourth-order valence-electron chi connectivity index (χ4n) is 2.87. The van der Waals surface area contributed by atoms with Gasteiger partial charge in [0, 0.05) is 12.4 Å². The number of anilines is 1. The summed E-state index contributed by atoms with van der Waals surface area (Å²) in [5.74, 6) is 0.0654. The highest BCUT2D eigenvalue weighted by molar-refractivity contribution is 6.32. The Hall–Kier alpha value is -4.14. The van der Waals surface area contributed by atoms with E-state index < -0.39 is 12.0 Å². The molecule has 0 saturated heterocycles. The number of nitrogens with zero attached hydrogens (tertiary/aromatic N) is 6. The van der Waals surface area contributed by atoms with Gasteiger partial charge in [-0.1, -0.05) is 11.6 Å². The van der Waals surface area contributed by atoms with Gasteiger partial charge in [-0.3, -0.25) is 14.9 Å². The van der Waals surface area contributed by atoms with Crippen LogP contribution in [-0.2, 0) is 9.53 Å². The third-order valence-electron chi connectivity index (χ3n) is 4.52. The van der Waals surface area contributed by atoms with Gasteiger partial charge in [-0.05, 0) is 38.1 Å². The van der Waals surface area contributed by atoms with Gasteiger partial charge >= 0.3 is 0 Å². The van der Waals surface area contributed by atoms with Crippen molar-refractivity contribution in [3.63, 3.8) is 0 Å². The van der Waals surface area contributed by atoms with Crippen LogP contribution in [0.4, 0.5) is 5.82 Å². The minimum atomic E-state index is -1.08. The number of nitriles is 1. The molecule has 4 rings (SSSR count). The lowest BCUT2D eigenvalue weighted by Crippen LogP contribution is -2.38. The number of carbonyl (C=O) groups is 1. The number of fused-ring (bicyclic) bond motifs is 1. The van der Waals surface area contributed by atoms with E-state index in [-0.39, 0.29) is 30.2 Å². The van der Waals surface area contributed by atoms with Crippen molar-refractivity contribution < 1.29 is 14.3 Å². The summed E-state index contributed by atoms with van der Waals surface area (Å²) in [5, 5.41) is 19.2. The molecule has 0 spiro atoms. The maximum atomic E-state index is 13.0. The molecule has 1 atom stereocenters. The standard InChI is InChI=1S/C22H19ClN8O3/c1-12(2)33-11-16(21(32)28-17-6-5-13(8-24)9-26-17)34-22-14-10-27-31-19(14)29-20(30-22)18-15(23)4-3-7-25-18/h3-7,9-10,12,16H,11H2,1-2H3,(H,26,28,32)(H,27,29,30,31)/t16-/m0/s1. The maximum Gasteiger partial charge on any atom is 0.269 e. The molecule has 0 aliphatic carbocycles. The van der Waals surface area contributed by atoms with Crippen molar-refractivity contribution in [3.05, 3.63) is 53.4 Å². The van der Waals surface area contributed by atoms with Crippen LogP contribution in [0.25, 0.3) is 22.6 Å². The minimum Gasteiger partial charge on any atom is -0.461 e. The summed E-state index contributed by atoms with van der Waals surface area (Å²) in [6.45, 7) is 3.64. The first kappa shape index (κ1) is 23.0. The van der Waals surface area contributed by atoms with Gasteiger partial charge < -0.3 is 14.8 Å². The molecular formula is C22H19ClN8O3. The van der Waals surface area contributed by atoms with Crippen molar-refractivity contribution in [2.45, 2.75) is 26.1 Å². The summed E-state index contributed by atoms with van der Waals surface area (Å²) >= 11 is 6.27. The topological polar surface area (TPSA) is 152 Å². The van der Waals surface area contributed by atoms with Crippen molar-refractivity contribution in [3.8, 4) is 23.5 Å². The van der Waals surface area contributed by atoms with Crippen LogP contribution in [0, 0.1) is 11.3 Å².